The summed E-state index contributed by atoms with van der Waals surface area (Å²) in [6.07, 6.45) is 0.595. The highest BCUT2D eigenvalue weighted by molar-refractivity contribution is 9.10. The average Bonchev–Trinajstić information content (AvgIpc) is 2.80. The van der Waals surface area contributed by atoms with Crippen molar-refractivity contribution >= 4 is 39.3 Å². The van der Waals surface area contributed by atoms with E-state index in [0.29, 0.717) is 30.5 Å². The van der Waals surface area contributed by atoms with E-state index in [1.165, 1.54) is 0 Å². The van der Waals surface area contributed by atoms with Crippen LogP contribution in [0, 0.1) is 5.92 Å². The highest BCUT2D eigenvalue weighted by Crippen LogP contribution is 2.20. The maximum Gasteiger partial charge on any atom is 0.243 e. The summed E-state index contributed by atoms with van der Waals surface area (Å²) in [5.41, 5.74) is 2.77. The Kier molecular flexibility index (Phi) is 9.73. The van der Waals surface area contributed by atoms with Crippen molar-refractivity contribution in [2.45, 2.75) is 39.3 Å². The number of benzene rings is 3. The lowest BCUT2D eigenvalue weighted by Crippen LogP contribution is -2.51. The van der Waals surface area contributed by atoms with E-state index >= 15 is 0 Å². The Balaban J connectivity index is 1.96. The van der Waals surface area contributed by atoms with Crippen LogP contribution in [0.1, 0.15) is 30.5 Å². The fourth-order valence-electron chi connectivity index (χ4n) is 3.73. The van der Waals surface area contributed by atoms with Gasteiger partial charge in [0.1, 0.15) is 6.04 Å². The standard InChI is InChI=1S/C28H30BrClN2O2/c1-20(2)18-31-28(34)26(16-21-8-4-3-5-9-21)32(19-23-11-6-12-24(29)14-23)27(33)17-22-10-7-13-25(30)15-22/h3-15,20,26H,16-19H2,1-2H3,(H,31,34)/t26-/m0/s1. The first-order valence-corrected chi connectivity index (χ1v) is 12.6. The van der Waals surface area contributed by atoms with Gasteiger partial charge in [-0.1, -0.05) is 96.0 Å². The first kappa shape index (κ1) is 26.0. The molecule has 178 valence electrons. The van der Waals surface area contributed by atoms with Gasteiger partial charge in [0.25, 0.3) is 0 Å². The number of rotatable bonds is 10. The van der Waals surface area contributed by atoms with E-state index in [-0.39, 0.29) is 18.2 Å². The van der Waals surface area contributed by atoms with Crippen molar-refractivity contribution in [3.8, 4) is 0 Å². The first-order valence-electron chi connectivity index (χ1n) is 11.4. The van der Waals surface area contributed by atoms with Crippen LogP contribution in [0.3, 0.4) is 0 Å². The highest BCUT2D eigenvalue weighted by atomic mass is 79.9. The molecule has 6 heteroatoms. The minimum Gasteiger partial charge on any atom is -0.354 e. The predicted molar refractivity (Wildman–Crippen MR) is 142 cm³/mol. The number of nitrogens with zero attached hydrogens (tertiary/aromatic N) is 1. The van der Waals surface area contributed by atoms with E-state index in [4.69, 9.17) is 11.6 Å². The van der Waals surface area contributed by atoms with Crippen LogP contribution in [-0.4, -0.2) is 29.3 Å². The third-order valence-corrected chi connectivity index (χ3v) is 6.17. The minimum absolute atomic E-state index is 0.122. The fraction of sp³-hybridized carbons (Fsp3) is 0.286. The first-order chi connectivity index (χ1) is 16.3. The molecule has 34 heavy (non-hydrogen) atoms. The number of nitrogens with one attached hydrogen (secondary N) is 1. The Morgan fingerprint density at radius 2 is 1.59 bits per heavy atom. The van der Waals surface area contributed by atoms with Gasteiger partial charge in [-0.05, 0) is 46.9 Å². The Morgan fingerprint density at radius 1 is 0.912 bits per heavy atom. The molecule has 0 unspecified atom stereocenters. The molecule has 0 radical (unpaired) electrons. The zero-order valence-electron chi connectivity index (χ0n) is 19.5. The smallest absolute Gasteiger partial charge is 0.243 e. The van der Waals surface area contributed by atoms with Crippen LogP contribution in [0.4, 0.5) is 0 Å². The topological polar surface area (TPSA) is 49.4 Å². The van der Waals surface area contributed by atoms with Crippen LogP contribution in [0.5, 0.6) is 0 Å². The monoisotopic (exact) mass is 540 g/mol. The van der Waals surface area contributed by atoms with Gasteiger partial charge < -0.3 is 10.2 Å². The van der Waals surface area contributed by atoms with E-state index < -0.39 is 6.04 Å². The molecule has 2 amide bonds. The van der Waals surface area contributed by atoms with Crippen molar-refractivity contribution < 1.29 is 9.59 Å². The number of hydrogen-bond acceptors (Lipinski definition) is 2. The molecule has 3 rings (SSSR count). The lowest BCUT2D eigenvalue weighted by molar-refractivity contribution is -0.140. The Labute approximate surface area is 215 Å². The largest absolute Gasteiger partial charge is 0.354 e. The van der Waals surface area contributed by atoms with E-state index in [0.717, 1.165) is 21.2 Å². The number of carbonyl (C=O) groups excluding carboxylic acids is 2. The second-order valence-corrected chi connectivity index (χ2v) is 10.2. The molecule has 0 saturated heterocycles. The number of halogens is 2. The summed E-state index contributed by atoms with van der Waals surface area (Å²) >= 11 is 9.67. The van der Waals surface area contributed by atoms with Crippen molar-refractivity contribution in [2.75, 3.05) is 6.54 Å². The third kappa shape index (κ3) is 8.00. The molecular formula is C28H30BrClN2O2. The Bertz CT molecular complexity index is 1100. The minimum atomic E-state index is -0.646. The van der Waals surface area contributed by atoms with Gasteiger partial charge in [-0.3, -0.25) is 9.59 Å². The summed E-state index contributed by atoms with van der Waals surface area (Å²) in [6, 6.07) is 24.3. The van der Waals surface area contributed by atoms with E-state index in [2.05, 4.69) is 35.1 Å². The molecule has 3 aromatic carbocycles. The van der Waals surface area contributed by atoms with E-state index in [1.807, 2.05) is 66.7 Å². The summed E-state index contributed by atoms with van der Waals surface area (Å²) in [4.78, 5) is 28.8. The summed E-state index contributed by atoms with van der Waals surface area (Å²) in [6.45, 7) is 4.98. The van der Waals surface area contributed by atoms with Gasteiger partial charge in [-0.15, -0.1) is 0 Å². The van der Waals surface area contributed by atoms with Crippen molar-refractivity contribution in [3.05, 3.63) is 105 Å². The van der Waals surface area contributed by atoms with Crippen molar-refractivity contribution in [3.63, 3.8) is 0 Å². The second kappa shape index (κ2) is 12.7. The van der Waals surface area contributed by atoms with Crippen LogP contribution in [-0.2, 0) is 29.0 Å². The fourth-order valence-corrected chi connectivity index (χ4v) is 4.39. The maximum atomic E-state index is 13.7. The molecule has 0 spiro atoms. The maximum absolute atomic E-state index is 13.7. The molecule has 0 aliphatic heterocycles. The summed E-state index contributed by atoms with van der Waals surface area (Å²) in [7, 11) is 0. The third-order valence-electron chi connectivity index (χ3n) is 5.44. The molecule has 0 fully saturated rings. The molecule has 1 N–H and O–H groups in total. The summed E-state index contributed by atoms with van der Waals surface area (Å²) in [5, 5.41) is 3.63. The zero-order chi connectivity index (χ0) is 24.5. The Hall–Kier alpha value is -2.63. The molecule has 4 nitrogen and oxygen atoms in total. The van der Waals surface area contributed by atoms with Gasteiger partial charge in [-0.2, -0.15) is 0 Å². The van der Waals surface area contributed by atoms with Crippen LogP contribution in [0.2, 0.25) is 5.02 Å². The number of hydrogen-bond donors (Lipinski definition) is 1. The molecular weight excluding hydrogens is 512 g/mol. The number of amides is 2. The SMILES string of the molecule is CC(C)CNC(=O)[C@H](Cc1ccccc1)N(Cc1cccc(Br)c1)C(=O)Cc1cccc(Cl)c1. The van der Waals surface area contributed by atoms with Gasteiger partial charge >= 0.3 is 0 Å². The quantitative estimate of drug-likeness (QED) is 0.339. The van der Waals surface area contributed by atoms with Crippen molar-refractivity contribution in [2.24, 2.45) is 5.92 Å². The van der Waals surface area contributed by atoms with Gasteiger partial charge in [0.2, 0.25) is 11.8 Å². The van der Waals surface area contributed by atoms with Gasteiger partial charge in [0.15, 0.2) is 0 Å². The van der Waals surface area contributed by atoms with Crippen LogP contribution < -0.4 is 5.32 Å². The van der Waals surface area contributed by atoms with Crippen LogP contribution in [0.15, 0.2) is 83.3 Å². The molecule has 0 aliphatic carbocycles. The molecule has 0 heterocycles. The Morgan fingerprint density at radius 3 is 2.26 bits per heavy atom. The molecule has 0 bridgehead atoms. The molecule has 0 aromatic heterocycles. The number of carbonyl (C=O) groups is 2. The average molecular weight is 542 g/mol. The molecule has 1 atom stereocenters. The lowest BCUT2D eigenvalue weighted by atomic mass is 10.0. The van der Waals surface area contributed by atoms with Crippen LogP contribution in [0.25, 0.3) is 0 Å². The van der Waals surface area contributed by atoms with Gasteiger partial charge in [-0.25, -0.2) is 0 Å². The predicted octanol–water partition coefficient (Wildman–Crippen LogP) is 6.06. The molecule has 0 saturated carbocycles. The highest BCUT2D eigenvalue weighted by Gasteiger charge is 2.30. The zero-order valence-corrected chi connectivity index (χ0v) is 21.9. The van der Waals surface area contributed by atoms with Crippen molar-refractivity contribution in [1.82, 2.24) is 10.2 Å². The van der Waals surface area contributed by atoms with Gasteiger partial charge in [0, 0.05) is 29.0 Å². The van der Waals surface area contributed by atoms with Crippen LogP contribution >= 0.6 is 27.5 Å². The van der Waals surface area contributed by atoms with Gasteiger partial charge in [0.05, 0.1) is 6.42 Å². The summed E-state index contributed by atoms with van der Waals surface area (Å²) < 4.78 is 0.927. The summed E-state index contributed by atoms with van der Waals surface area (Å²) in [5.74, 6) is 0.0388. The van der Waals surface area contributed by atoms with E-state index in [9.17, 15) is 9.59 Å². The molecule has 0 aliphatic rings. The lowest BCUT2D eigenvalue weighted by Gasteiger charge is -2.32. The second-order valence-electron chi connectivity index (χ2n) is 8.80. The van der Waals surface area contributed by atoms with Crippen molar-refractivity contribution in [1.29, 1.82) is 0 Å². The van der Waals surface area contributed by atoms with E-state index in [1.54, 1.807) is 17.0 Å². The molecule has 3 aromatic rings. The normalized spacial score (nSPS) is 11.8.